The first-order valence-corrected chi connectivity index (χ1v) is 11.4. The Balaban J connectivity index is 1.99. The molecule has 30 heavy (non-hydrogen) atoms. The minimum Gasteiger partial charge on any atom is -0.492 e. The van der Waals surface area contributed by atoms with E-state index in [4.69, 9.17) is 27.1 Å². The number of benzene rings is 2. The van der Waals surface area contributed by atoms with Crippen LogP contribution in [0.5, 0.6) is 5.75 Å². The van der Waals surface area contributed by atoms with Gasteiger partial charge in [0, 0.05) is 26.5 Å². The fraction of sp³-hybridized carbons (Fsp3) is 0.292. The van der Waals surface area contributed by atoms with E-state index in [0.29, 0.717) is 18.2 Å². The van der Waals surface area contributed by atoms with Crippen LogP contribution in [0.4, 0.5) is 0 Å². The van der Waals surface area contributed by atoms with Crippen molar-refractivity contribution >= 4 is 49.3 Å². The molecule has 0 aliphatic heterocycles. The number of pyridine rings is 1. The summed E-state index contributed by atoms with van der Waals surface area (Å²) < 4.78 is 6.83. The van der Waals surface area contributed by atoms with E-state index in [2.05, 4.69) is 39.1 Å². The molecule has 3 N–H and O–H groups in total. The number of aryl methyl sites for hydroxylation is 2. The van der Waals surface area contributed by atoms with Crippen molar-refractivity contribution in [3.63, 3.8) is 0 Å². The minimum atomic E-state index is 0.602. The van der Waals surface area contributed by atoms with E-state index in [0.717, 1.165) is 68.2 Å². The third-order valence-electron chi connectivity index (χ3n) is 5.34. The molecule has 0 atom stereocenters. The first-order valence-electron chi connectivity index (χ1n) is 10.3. The van der Waals surface area contributed by atoms with Gasteiger partial charge in [0.15, 0.2) is 0 Å². The highest BCUT2D eigenvalue weighted by Gasteiger charge is 2.19. The summed E-state index contributed by atoms with van der Waals surface area (Å²) in [6.07, 6.45) is 2.93. The number of fused-ring (bicyclic) bond motifs is 2. The molecule has 2 aromatic carbocycles. The molecule has 0 spiro atoms. The zero-order valence-electron chi connectivity index (χ0n) is 17.2. The molecule has 0 bridgehead atoms. The molecule has 4 nitrogen and oxygen atoms in total. The van der Waals surface area contributed by atoms with Crippen LogP contribution in [0.2, 0.25) is 5.02 Å². The highest BCUT2D eigenvalue weighted by molar-refractivity contribution is 9.10. The van der Waals surface area contributed by atoms with Crippen molar-refractivity contribution in [3.8, 4) is 17.0 Å². The number of nitrogens with zero attached hydrogens (tertiary/aromatic N) is 1. The van der Waals surface area contributed by atoms with Gasteiger partial charge in [-0.2, -0.15) is 0 Å². The second-order valence-corrected chi connectivity index (χ2v) is 8.75. The zero-order chi connectivity index (χ0) is 21.3. The van der Waals surface area contributed by atoms with Crippen molar-refractivity contribution in [2.45, 2.75) is 33.1 Å². The van der Waals surface area contributed by atoms with E-state index >= 15 is 0 Å². The first kappa shape index (κ1) is 21.2. The summed E-state index contributed by atoms with van der Waals surface area (Å²) >= 11 is 10.2. The van der Waals surface area contributed by atoms with Crippen LogP contribution in [0.3, 0.4) is 0 Å². The van der Waals surface area contributed by atoms with Gasteiger partial charge >= 0.3 is 0 Å². The molecule has 0 unspecified atom stereocenters. The number of nitrogens with one attached hydrogen (secondary N) is 1. The van der Waals surface area contributed by atoms with Crippen molar-refractivity contribution < 1.29 is 4.74 Å². The lowest BCUT2D eigenvalue weighted by Crippen LogP contribution is -2.00. The van der Waals surface area contributed by atoms with E-state index in [1.54, 1.807) is 0 Å². The number of halogens is 2. The van der Waals surface area contributed by atoms with Gasteiger partial charge in [0.2, 0.25) is 0 Å². The second kappa shape index (κ2) is 8.96. The zero-order valence-corrected chi connectivity index (χ0v) is 19.5. The van der Waals surface area contributed by atoms with Gasteiger partial charge in [-0.3, -0.25) is 0 Å². The average molecular weight is 487 g/mol. The topological polar surface area (TPSA) is 63.9 Å². The molecule has 0 fully saturated rings. The Hall–Kier alpha value is -2.08. The van der Waals surface area contributed by atoms with Crippen molar-refractivity contribution in [3.05, 3.63) is 57.2 Å². The summed E-state index contributed by atoms with van der Waals surface area (Å²) in [7, 11) is 0. The monoisotopic (exact) mass is 485 g/mol. The summed E-state index contributed by atoms with van der Waals surface area (Å²) in [5, 5.41) is 2.91. The number of rotatable bonds is 7. The molecule has 0 aliphatic carbocycles. The quantitative estimate of drug-likeness (QED) is 0.283. The minimum absolute atomic E-state index is 0.602. The molecular weight excluding hydrogens is 462 g/mol. The molecule has 0 saturated heterocycles. The van der Waals surface area contributed by atoms with Gasteiger partial charge in [-0.1, -0.05) is 33.6 Å². The SMILES string of the molecule is CCOc1ccc(-c2[nH]c3c(Cl)cc(Br)cc3c2CCCCN)c2ccc(C)nc12. The van der Waals surface area contributed by atoms with Crippen molar-refractivity contribution in [1.82, 2.24) is 9.97 Å². The summed E-state index contributed by atoms with van der Waals surface area (Å²) in [5.74, 6) is 0.807. The maximum absolute atomic E-state index is 6.59. The van der Waals surface area contributed by atoms with E-state index < -0.39 is 0 Å². The Morgan fingerprint density at radius 2 is 1.97 bits per heavy atom. The standard InChI is InChI=1S/C24H25BrClN3O/c1-3-30-21-10-9-17(18-8-7-14(2)28-24(18)21)22-16(6-4-5-11-27)19-12-15(25)13-20(26)23(19)29-22/h7-10,12-13,29H,3-6,11,27H2,1-2H3. The third kappa shape index (κ3) is 3.94. The molecule has 0 amide bonds. The third-order valence-corrected chi connectivity index (χ3v) is 6.10. The summed E-state index contributed by atoms with van der Waals surface area (Å²) in [6.45, 7) is 5.28. The van der Waals surface area contributed by atoms with Gasteiger partial charge in [0.25, 0.3) is 0 Å². The number of aromatic nitrogens is 2. The van der Waals surface area contributed by atoms with Crippen LogP contribution in [-0.4, -0.2) is 23.1 Å². The average Bonchev–Trinajstić information content (AvgIpc) is 3.07. The van der Waals surface area contributed by atoms with Crippen LogP contribution in [-0.2, 0) is 6.42 Å². The normalized spacial score (nSPS) is 11.5. The first-order chi connectivity index (χ1) is 14.5. The summed E-state index contributed by atoms with van der Waals surface area (Å²) in [6, 6.07) is 12.4. The van der Waals surface area contributed by atoms with E-state index in [-0.39, 0.29) is 0 Å². The number of H-pyrrole nitrogens is 1. The lowest BCUT2D eigenvalue weighted by atomic mass is 9.97. The highest BCUT2D eigenvalue weighted by Crippen LogP contribution is 2.40. The molecule has 156 valence electrons. The number of aromatic amines is 1. The smallest absolute Gasteiger partial charge is 0.145 e. The van der Waals surface area contributed by atoms with Crippen LogP contribution in [0.15, 0.2) is 40.9 Å². The van der Waals surface area contributed by atoms with Gasteiger partial charge in [0.05, 0.1) is 22.8 Å². The molecule has 2 aromatic heterocycles. The molecule has 4 rings (SSSR count). The van der Waals surface area contributed by atoms with Crippen molar-refractivity contribution in [2.75, 3.05) is 13.2 Å². The lowest BCUT2D eigenvalue weighted by molar-refractivity contribution is 0.343. The molecule has 0 saturated carbocycles. The molecular formula is C24H25BrClN3O. The fourth-order valence-electron chi connectivity index (χ4n) is 3.99. The Bertz CT molecular complexity index is 1220. The van der Waals surface area contributed by atoms with Crippen LogP contribution >= 0.6 is 27.5 Å². The predicted molar refractivity (Wildman–Crippen MR) is 130 cm³/mol. The fourth-order valence-corrected chi connectivity index (χ4v) is 4.85. The van der Waals surface area contributed by atoms with Gasteiger partial charge < -0.3 is 15.5 Å². The van der Waals surface area contributed by atoms with Gasteiger partial charge in [-0.15, -0.1) is 0 Å². The van der Waals surface area contributed by atoms with Crippen LogP contribution in [0.1, 0.15) is 31.0 Å². The van der Waals surface area contributed by atoms with Gasteiger partial charge in [0.1, 0.15) is 11.3 Å². The van der Waals surface area contributed by atoms with E-state index in [1.165, 1.54) is 5.56 Å². The van der Waals surface area contributed by atoms with Gasteiger partial charge in [-0.25, -0.2) is 4.98 Å². The number of hydrogen-bond acceptors (Lipinski definition) is 3. The van der Waals surface area contributed by atoms with E-state index in [1.807, 2.05) is 32.0 Å². The van der Waals surface area contributed by atoms with Crippen LogP contribution < -0.4 is 10.5 Å². The summed E-state index contributed by atoms with van der Waals surface area (Å²) in [5.41, 5.74) is 12.0. The maximum atomic E-state index is 6.59. The largest absolute Gasteiger partial charge is 0.492 e. The number of unbranched alkanes of at least 4 members (excludes halogenated alkanes) is 1. The molecule has 0 aliphatic rings. The Morgan fingerprint density at radius 3 is 2.73 bits per heavy atom. The van der Waals surface area contributed by atoms with Crippen LogP contribution in [0.25, 0.3) is 33.1 Å². The molecule has 2 heterocycles. The predicted octanol–water partition coefficient (Wildman–Crippen LogP) is 6.79. The summed E-state index contributed by atoms with van der Waals surface area (Å²) in [4.78, 5) is 8.39. The highest BCUT2D eigenvalue weighted by atomic mass is 79.9. The maximum Gasteiger partial charge on any atom is 0.145 e. The Labute approximate surface area is 189 Å². The molecule has 0 radical (unpaired) electrons. The van der Waals surface area contributed by atoms with Crippen molar-refractivity contribution in [2.24, 2.45) is 5.73 Å². The number of hydrogen-bond donors (Lipinski definition) is 2. The Morgan fingerprint density at radius 1 is 1.13 bits per heavy atom. The number of nitrogens with two attached hydrogens (primary N) is 1. The molecule has 6 heteroatoms. The van der Waals surface area contributed by atoms with Crippen molar-refractivity contribution in [1.29, 1.82) is 0 Å². The Kier molecular flexibility index (Phi) is 6.32. The molecule has 4 aromatic rings. The van der Waals surface area contributed by atoms with Crippen LogP contribution in [0, 0.1) is 6.92 Å². The number of ether oxygens (including phenoxy) is 1. The second-order valence-electron chi connectivity index (χ2n) is 7.43. The lowest BCUT2D eigenvalue weighted by Gasteiger charge is -2.12. The van der Waals surface area contributed by atoms with Gasteiger partial charge in [-0.05, 0) is 75.5 Å². The van der Waals surface area contributed by atoms with E-state index in [9.17, 15) is 0 Å².